The van der Waals surface area contributed by atoms with Crippen molar-refractivity contribution in [1.82, 2.24) is 4.90 Å². The maximum absolute atomic E-state index is 12.8. The van der Waals surface area contributed by atoms with Gasteiger partial charge in [0.05, 0.1) is 18.6 Å². The molecule has 2 rings (SSSR count). The van der Waals surface area contributed by atoms with Crippen molar-refractivity contribution in [3.05, 3.63) is 46.5 Å². The van der Waals surface area contributed by atoms with Crippen LogP contribution in [0.25, 0.3) is 0 Å². The SMILES string of the molecule is CCOC(=O)[C@@H](CC(=O)c1ccc(Br)cc1)[C@@H]1C=CC(=O)N1C(=O)OC(C)(C)C. The zero-order valence-electron chi connectivity index (χ0n) is 16.8. The number of nitrogens with zero attached hydrogens (tertiary/aromatic N) is 1. The number of carbonyl (C=O) groups is 4. The van der Waals surface area contributed by atoms with E-state index < -0.39 is 35.5 Å². The second kappa shape index (κ2) is 9.35. The molecular formula is C21H24BrNO6. The number of esters is 1. The molecule has 1 aromatic rings. The van der Waals surface area contributed by atoms with Gasteiger partial charge in [-0.25, -0.2) is 9.69 Å². The number of amides is 2. The summed E-state index contributed by atoms with van der Waals surface area (Å²) in [5.74, 6) is -2.60. The van der Waals surface area contributed by atoms with Gasteiger partial charge in [-0.15, -0.1) is 0 Å². The van der Waals surface area contributed by atoms with Crippen molar-refractivity contribution in [2.45, 2.75) is 45.8 Å². The fourth-order valence-electron chi connectivity index (χ4n) is 2.88. The molecule has 2 atom stereocenters. The molecule has 2 amide bonds. The molecule has 0 aliphatic carbocycles. The second-order valence-corrected chi connectivity index (χ2v) is 8.45. The van der Waals surface area contributed by atoms with Gasteiger partial charge in [-0.3, -0.25) is 14.4 Å². The Morgan fingerprint density at radius 3 is 2.34 bits per heavy atom. The van der Waals surface area contributed by atoms with E-state index in [1.54, 1.807) is 52.0 Å². The lowest BCUT2D eigenvalue weighted by Gasteiger charge is -2.30. The van der Waals surface area contributed by atoms with Crippen molar-refractivity contribution < 1.29 is 28.7 Å². The Labute approximate surface area is 178 Å². The molecule has 0 saturated heterocycles. The summed E-state index contributed by atoms with van der Waals surface area (Å²) in [4.78, 5) is 51.1. The molecule has 0 fully saturated rings. The van der Waals surface area contributed by atoms with Crippen LogP contribution in [0.4, 0.5) is 4.79 Å². The van der Waals surface area contributed by atoms with Crippen LogP contribution >= 0.6 is 15.9 Å². The summed E-state index contributed by atoms with van der Waals surface area (Å²) >= 11 is 3.31. The summed E-state index contributed by atoms with van der Waals surface area (Å²) in [5, 5.41) is 0. The van der Waals surface area contributed by atoms with Crippen molar-refractivity contribution in [3.63, 3.8) is 0 Å². The number of Topliss-reactive ketones (excluding diaryl/α,β-unsaturated/α-hetero) is 1. The molecule has 0 bridgehead atoms. The van der Waals surface area contributed by atoms with E-state index in [9.17, 15) is 19.2 Å². The van der Waals surface area contributed by atoms with E-state index in [1.807, 2.05) is 0 Å². The minimum atomic E-state index is -1.04. The summed E-state index contributed by atoms with van der Waals surface area (Å²) in [7, 11) is 0. The van der Waals surface area contributed by atoms with Gasteiger partial charge in [0.15, 0.2) is 5.78 Å². The Morgan fingerprint density at radius 1 is 1.17 bits per heavy atom. The van der Waals surface area contributed by atoms with E-state index in [1.165, 1.54) is 12.2 Å². The molecule has 1 aliphatic rings. The Bertz CT molecular complexity index is 825. The van der Waals surface area contributed by atoms with Crippen LogP contribution in [0.2, 0.25) is 0 Å². The van der Waals surface area contributed by atoms with Crippen molar-refractivity contribution in [2.24, 2.45) is 5.92 Å². The van der Waals surface area contributed by atoms with Crippen molar-refractivity contribution in [2.75, 3.05) is 6.61 Å². The highest BCUT2D eigenvalue weighted by Crippen LogP contribution is 2.27. The van der Waals surface area contributed by atoms with Crippen LogP contribution in [-0.4, -0.2) is 46.9 Å². The lowest BCUT2D eigenvalue weighted by molar-refractivity contribution is -0.150. The fraction of sp³-hybridized carbons (Fsp3) is 0.429. The molecule has 0 spiro atoms. The molecule has 7 nitrogen and oxygen atoms in total. The Kier molecular flexibility index (Phi) is 7.35. The molecule has 0 radical (unpaired) electrons. The molecule has 0 unspecified atom stereocenters. The number of hydrogen-bond acceptors (Lipinski definition) is 6. The van der Waals surface area contributed by atoms with Crippen LogP contribution < -0.4 is 0 Å². The summed E-state index contributed by atoms with van der Waals surface area (Å²) in [6.07, 6.45) is 1.54. The maximum Gasteiger partial charge on any atom is 0.417 e. The molecule has 0 N–H and O–H groups in total. The first-order valence-corrected chi connectivity index (χ1v) is 10.0. The molecule has 0 aromatic heterocycles. The van der Waals surface area contributed by atoms with Gasteiger partial charge in [-0.2, -0.15) is 0 Å². The van der Waals surface area contributed by atoms with Gasteiger partial charge in [-0.1, -0.05) is 34.1 Å². The van der Waals surface area contributed by atoms with E-state index in [4.69, 9.17) is 9.47 Å². The third-order valence-corrected chi connectivity index (χ3v) is 4.66. The average molecular weight is 466 g/mol. The molecule has 1 heterocycles. The van der Waals surface area contributed by atoms with Gasteiger partial charge in [0.1, 0.15) is 5.60 Å². The van der Waals surface area contributed by atoms with Crippen LogP contribution in [0.5, 0.6) is 0 Å². The lowest BCUT2D eigenvalue weighted by atomic mass is 9.91. The van der Waals surface area contributed by atoms with Crippen LogP contribution in [0.1, 0.15) is 44.5 Å². The second-order valence-electron chi connectivity index (χ2n) is 7.53. The summed E-state index contributed by atoms with van der Waals surface area (Å²) in [6.45, 7) is 6.78. The van der Waals surface area contributed by atoms with Crippen LogP contribution in [0.15, 0.2) is 40.9 Å². The smallest absolute Gasteiger partial charge is 0.417 e. The number of ketones is 1. The standard InChI is InChI=1S/C21H24BrNO6/c1-5-28-19(26)15(12-17(24)13-6-8-14(22)9-7-13)16-10-11-18(25)23(16)20(27)29-21(2,3)4/h6-11,15-16H,5,12H2,1-4H3/t15-,16-/m0/s1. The largest absolute Gasteiger partial charge is 0.466 e. The Balaban J connectivity index is 2.30. The third kappa shape index (κ3) is 6.00. The van der Waals surface area contributed by atoms with Crippen molar-refractivity contribution in [1.29, 1.82) is 0 Å². The van der Waals surface area contributed by atoms with Gasteiger partial charge in [0.2, 0.25) is 0 Å². The van der Waals surface area contributed by atoms with E-state index in [0.717, 1.165) is 9.37 Å². The number of benzene rings is 1. The zero-order valence-corrected chi connectivity index (χ0v) is 18.4. The minimum Gasteiger partial charge on any atom is -0.466 e. The first-order valence-electron chi connectivity index (χ1n) is 9.23. The van der Waals surface area contributed by atoms with Crippen LogP contribution in [0.3, 0.4) is 0 Å². The van der Waals surface area contributed by atoms with E-state index in [2.05, 4.69) is 15.9 Å². The quantitative estimate of drug-likeness (QED) is 0.467. The Hall–Kier alpha value is -2.48. The first kappa shape index (κ1) is 22.8. The predicted octanol–water partition coefficient (Wildman–Crippen LogP) is 3.90. The lowest BCUT2D eigenvalue weighted by Crippen LogP contribution is -2.48. The topological polar surface area (TPSA) is 90.0 Å². The molecule has 29 heavy (non-hydrogen) atoms. The molecule has 1 aromatic carbocycles. The normalized spacial score (nSPS) is 17.2. The monoisotopic (exact) mass is 465 g/mol. The molecular weight excluding hydrogens is 442 g/mol. The molecule has 0 saturated carbocycles. The van der Waals surface area contributed by atoms with E-state index in [-0.39, 0.29) is 18.8 Å². The minimum absolute atomic E-state index is 0.110. The van der Waals surface area contributed by atoms with Crippen molar-refractivity contribution >= 4 is 39.7 Å². The number of carbonyl (C=O) groups excluding carboxylic acids is 4. The Morgan fingerprint density at radius 2 is 1.79 bits per heavy atom. The first-order chi connectivity index (χ1) is 13.5. The number of rotatable bonds is 6. The highest BCUT2D eigenvalue weighted by atomic mass is 79.9. The molecule has 8 heteroatoms. The van der Waals surface area contributed by atoms with E-state index >= 15 is 0 Å². The fourth-order valence-corrected chi connectivity index (χ4v) is 3.14. The average Bonchev–Trinajstić information content (AvgIpc) is 3.00. The highest BCUT2D eigenvalue weighted by Gasteiger charge is 2.43. The van der Waals surface area contributed by atoms with Gasteiger partial charge in [0.25, 0.3) is 5.91 Å². The molecule has 1 aliphatic heterocycles. The maximum atomic E-state index is 12.8. The van der Waals surface area contributed by atoms with Gasteiger partial charge in [0, 0.05) is 22.5 Å². The van der Waals surface area contributed by atoms with Gasteiger partial charge < -0.3 is 9.47 Å². The number of hydrogen-bond donors (Lipinski definition) is 0. The number of halogens is 1. The number of imide groups is 1. The predicted molar refractivity (Wildman–Crippen MR) is 109 cm³/mol. The van der Waals surface area contributed by atoms with E-state index in [0.29, 0.717) is 5.56 Å². The zero-order chi connectivity index (χ0) is 21.8. The van der Waals surface area contributed by atoms with Crippen molar-refractivity contribution in [3.8, 4) is 0 Å². The number of ether oxygens (including phenoxy) is 2. The van der Waals surface area contributed by atoms with Gasteiger partial charge >= 0.3 is 12.1 Å². The highest BCUT2D eigenvalue weighted by molar-refractivity contribution is 9.10. The molecule has 156 valence electrons. The summed E-state index contributed by atoms with van der Waals surface area (Å²) < 4.78 is 11.2. The summed E-state index contributed by atoms with van der Waals surface area (Å²) in [6, 6.07) is 5.75. The van der Waals surface area contributed by atoms with Crippen LogP contribution in [-0.2, 0) is 19.1 Å². The summed E-state index contributed by atoms with van der Waals surface area (Å²) in [5.41, 5.74) is -0.406. The van der Waals surface area contributed by atoms with Crippen LogP contribution in [0, 0.1) is 5.92 Å². The third-order valence-electron chi connectivity index (χ3n) is 4.13. The van der Waals surface area contributed by atoms with Gasteiger partial charge in [-0.05, 0) is 39.8 Å².